The average Bonchev–Trinajstić information content (AvgIpc) is 2.80. The summed E-state index contributed by atoms with van der Waals surface area (Å²) in [5.41, 5.74) is 0.727. The van der Waals surface area contributed by atoms with Gasteiger partial charge in [0.05, 0.1) is 11.6 Å². The number of aromatic nitrogens is 2. The summed E-state index contributed by atoms with van der Waals surface area (Å²) in [5, 5.41) is 10.5. The first-order valence-corrected chi connectivity index (χ1v) is 10.1. The predicted octanol–water partition coefficient (Wildman–Crippen LogP) is 2.56. The van der Waals surface area contributed by atoms with E-state index in [9.17, 15) is 14.9 Å². The van der Waals surface area contributed by atoms with Crippen LogP contribution >= 0.6 is 0 Å². The molecule has 0 unspecified atom stereocenters. The van der Waals surface area contributed by atoms with Crippen LogP contribution in [0.4, 0.5) is 0 Å². The van der Waals surface area contributed by atoms with Crippen molar-refractivity contribution in [1.29, 1.82) is 5.26 Å². The topological polar surface area (TPSA) is 86.2 Å². The summed E-state index contributed by atoms with van der Waals surface area (Å²) in [6, 6.07) is 17.6. The van der Waals surface area contributed by atoms with E-state index in [0.717, 1.165) is 21.3 Å². The maximum absolute atomic E-state index is 13.3. The molecule has 0 spiro atoms. The van der Waals surface area contributed by atoms with Crippen molar-refractivity contribution in [3.8, 4) is 17.7 Å². The fourth-order valence-corrected chi connectivity index (χ4v) is 4.88. The van der Waals surface area contributed by atoms with Crippen molar-refractivity contribution in [2.45, 2.75) is 18.9 Å². The van der Waals surface area contributed by atoms with Crippen LogP contribution in [0.1, 0.15) is 34.3 Å². The van der Waals surface area contributed by atoms with Crippen LogP contribution < -0.4 is 20.7 Å². The van der Waals surface area contributed by atoms with Crippen molar-refractivity contribution >= 4 is 0 Å². The first-order valence-electron chi connectivity index (χ1n) is 10.1. The van der Waals surface area contributed by atoms with Crippen LogP contribution in [-0.2, 0) is 14.1 Å². The Hall–Kier alpha value is -3.79. The minimum absolute atomic E-state index is 0.0651. The van der Waals surface area contributed by atoms with E-state index in [4.69, 9.17) is 9.47 Å². The van der Waals surface area contributed by atoms with Gasteiger partial charge in [-0.1, -0.05) is 42.5 Å². The minimum atomic E-state index is -1.18. The number of rotatable bonds is 1. The van der Waals surface area contributed by atoms with Crippen LogP contribution in [0.15, 0.2) is 58.1 Å². The van der Waals surface area contributed by atoms with Crippen LogP contribution in [0.2, 0.25) is 0 Å². The maximum atomic E-state index is 13.3. The summed E-state index contributed by atoms with van der Waals surface area (Å²) in [6.07, 6.45) is -0.720. The van der Waals surface area contributed by atoms with Crippen LogP contribution in [0.25, 0.3) is 0 Å². The van der Waals surface area contributed by atoms with E-state index in [1.165, 1.54) is 11.6 Å². The van der Waals surface area contributed by atoms with Gasteiger partial charge in [0.2, 0.25) is 5.88 Å². The molecule has 2 aromatic carbocycles. The predicted molar refractivity (Wildman–Crippen MR) is 113 cm³/mol. The molecule has 31 heavy (non-hydrogen) atoms. The molecule has 3 atom stereocenters. The van der Waals surface area contributed by atoms with Gasteiger partial charge in [0, 0.05) is 25.6 Å². The Kier molecular flexibility index (Phi) is 4.09. The molecule has 3 heterocycles. The van der Waals surface area contributed by atoms with Gasteiger partial charge in [-0.3, -0.25) is 13.9 Å². The lowest BCUT2D eigenvalue weighted by molar-refractivity contribution is -0.00432. The fourth-order valence-electron chi connectivity index (χ4n) is 4.88. The smallest absolute Gasteiger partial charge is 0.333 e. The Morgan fingerprint density at radius 2 is 1.71 bits per heavy atom. The molecule has 0 saturated carbocycles. The highest BCUT2D eigenvalue weighted by molar-refractivity contribution is 5.53. The summed E-state index contributed by atoms with van der Waals surface area (Å²) in [7, 11) is 3.03. The molecule has 0 amide bonds. The number of hydrogen-bond donors (Lipinski definition) is 0. The number of benzene rings is 2. The molecule has 2 aliphatic rings. The van der Waals surface area contributed by atoms with E-state index in [0.29, 0.717) is 11.3 Å². The first kappa shape index (κ1) is 19.2. The summed E-state index contributed by atoms with van der Waals surface area (Å²) in [4.78, 5) is 26.0. The normalized spacial score (nSPS) is 23.4. The van der Waals surface area contributed by atoms with E-state index >= 15 is 0 Å². The largest absolute Gasteiger partial charge is 0.491 e. The molecule has 156 valence electrons. The second-order valence-corrected chi connectivity index (χ2v) is 8.19. The SMILES string of the molecule is Cc1ccccc1[C@@H]1Oc2c(c(=O)n(C)c(=O)n2C)[C@H]2c3ccccc3OC[C@]21C#N. The monoisotopic (exact) mass is 415 g/mol. The van der Waals surface area contributed by atoms with Gasteiger partial charge in [-0.05, 0) is 24.1 Å². The molecule has 1 aromatic heterocycles. The van der Waals surface area contributed by atoms with Crippen LogP contribution in [-0.4, -0.2) is 15.7 Å². The van der Waals surface area contributed by atoms with Gasteiger partial charge in [-0.15, -0.1) is 0 Å². The molecular formula is C24H21N3O4. The first-order chi connectivity index (χ1) is 14.9. The second-order valence-electron chi connectivity index (χ2n) is 8.19. The minimum Gasteiger partial charge on any atom is -0.491 e. The molecule has 7 nitrogen and oxygen atoms in total. The van der Waals surface area contributed by atoms with Gasteiger partial charge in [-0.2, -0.15) is 5.26 Å². The van der Waals surface area contributed by atoms with Crippen molar-refractivity contribution in [1.82, 2.24) is 9.13 Å². The van der Waals surface area contributed by atoms with E-state index in [2.05, 4.69) is 6.07 Å². The number of aryl methyl sites for hydroxylation is 1. The zero-order chi connectivity index (χ0) is 21.9. The Morgan fingerprint density at radius 3 is 2.42 bits per heavy atom. The molecule has 7 heteroatoms. The average molecular weight is 415 g/mol. The van der Waals surface area contributed by atoms with Crippen LogP contribution in [0.5, 0.6) is 11.6 Å². The summed E-state index contributed by atoms with van der Waals surface area (Å²) < 4.78 is 14.8. The van der Waals surface area contributed by atoms with Gasteiger partial charge >= 0.3 is 5.69 Å². The number of nitrogens with zero attached hydrogens (tertiary/aromatic N) is 3. The quantitative estimate of drug-likeness (QED) is 0.610. The zero-order valence-corrected chi connectivity index (χ0v) is 17.5. The van der Waals surface area contributed by atoms with Gasteiger partial charge in [0.25, 0.3) is 5.56 Å². The molecule has 0 N–H and O–H groups in total. The van der Waals surface area contributed by atoms with Gasteiger partial charge in [0.15, 0.2) is 0 Å². The third kappa shape index (κ3) is 2.45. The molecule has 0 radical (unpaired) electrons. The lowest BCUT2D eigenvalue weighted by Crippen LogP contribution is -2.53. The fraction of sp³-hybridized carbons (Fsp3) is 0.292. The molecule has 5 rings (SSSR count). The Labute approximate surface area is 178 Å². The lowest BCUT2D eigenvalue weighted by Gasteiger charge is -2.48. The van der Waals surface area contributed by atoms with Gasteiger partial charge < -0.3 is 9.47 Å². The number of para-hydroxylation sites is 1. The van der Waals surface area contributed by atoms with E-state index in [-0.39, 0.29) is 12.5 Å². The molecular weight excluding hydrogens is 394 g/mol. The molecule has 0 bridgehead atoms. The standard InChI is InChI=1S/C24H21N3O4/c1-14-8-4-5-9-15(14)20-24(12-25)13-30-17-11-7-6-10-16(17)19(24)18-21(28)26(2)23(29)27(3)22(18)31-20/h4-11,19-20H,13H2,1-3H3/t19-,20+,24-/m1/s1. The molecule has 0 fully saturated rings. The third-order valence-corrected chi connectivity index (χ3v) is 6.52. The number of hydrogen-bond acceptors (Lipinski definition) is 5. The van der Waals surface area contributed by atoms with Crippen molar-refractivity contribution in [2.75, 3.05) is 6.61 Å². The van der Waals surface area contributed by atoms with E-state index in [1.54, 1.807) is 7.05 Å². The lowest BCUT2D eigenvalue weighted by atomic mass is 9.62. The van der Waals surface area contributed by atoms with Crippen molar-refractivity contribution < 1.29 is 9.47 Å². The summed E-state index contributed by atoms with van der Waals surface area (Å²) >= 11 is 0. The number of ether oxygens (including phenoxy) is 2. The highest BCUT2D eigenvalue weighted by Crippen LogP contribution is 2.59. The molecule has 2 aliphatic heterocycles. The number of fused-ring (bicyclic) bond motifs is 5. The summed E-state index contributed by atoms with van der Waals surface area (Å²) in [5.74, 6) is 0.223. The maximum Gasteiger partial charge on any atom is 0.333 e. The Bertz CT molecular complexity index is 1380. The van der Waals surface area contributed by atoms with Crippen molar-refractivity contribution in [2.24, 2.45) is 19.5 Å². The van der Waals surface area contributed by atoms with Crippen molar-refractivity contribution in [3.63, 3.8) is 0 Å². The second kappa shape index (κ2) is 6.61. The van der Waals surface area contributed by atoms with Gasteiger partial charge in [0.1, 0.15) is 23.9 Å². The zero-order valence-electron chi connectivity index (χ0n) is 17.5. The number of nitriles is 1. The highest BCUT2D eigenvalue weighted by atomic mass is 16.5. The third-order valence-electron chi connectivity index (χ3n) is 6.52. The Balaban J connectivity index is 1.92. The van der Waals surface area contributed by atoms with E-state index < -0.39 is 28.7 Å². The molecule has 0 saturated heterocycles. The van der Waals surface area contributed by atoms with Crippen LogP contribution in [0, 0.1) is 23.7 Å². The molecule has 3 aromatic rings. The van der Waals surface area contributed by atoms with Crippen molar-refractivity contribution in [3.05, 3.63) is 91.6 Å². The molecule has 0 aliphatic carbocycles. The Morgan fingerprint density at radius 1 is 1.03 bits per heavy atom. The van der Waals surface area contributed by atoms with Crippen LogP contribution in [0.3, 0.4) is 0 Å². The summed E-state index contributed by atoms with van der Waals surface area (Å²) in [6.45, 7) is 2.02. The van der Waals surface area contributed by atoms with E-state index in [1.807, 2.05) is 55.5 Å². The highest BCUT2D eigenvalue weighted by Gasteiger charge is 2.59. The van der Waals surface area contributed by atoms with Gasteiger partial charge in [-0.25, -0.2) is 4.79 Å².